The summed E-state index contributed by atoms with van der Waals surface area (Å²) < 4.78 is 6.09. The molecular weight excluding hydrogens is 234 g/mol. The van der Waals surface area contributed by atoms with Gasteiger partial charge in [-0.2, -0.15) is 0 Å². The van der Waals surface area contributed by atoms with E-state index < -0.39 is 0 Å². The summed E-state index contributed by atoms with van der Waals surface area (Å²) in [7, 11) is 0. The highest BCUT2D eigenvalue weighted by Crippen LogP contribution is 2.35. The second-order valence-electron chi connectivity index (χ2n) is 5.38. The van der Waals surface area contributed by atoms with Gasteiger partial charge in [-0.05, 0) is 55.9 Å². The van der Waals surface area contributed by atoms with Crippen LogP contribution in [0.3, 0.4) is 0 Å². The largest absolute Gasteiger partial charge is 0.457 e. The van der Waals surface area contributed by atoms with E-state index in [4.69, 9.17) is 10.5 Å². The number of fused-ring (bicyclic) bond motifs is 2. The van der Waals surface area contributed by atoms with E-state index in [2.05, 4.69) is 31.2 Å². The Hall–Kier alpha value is -1.96. The summed E-state index contributed by atoms with van der Waals surface area (Å²) in [5, 5.41) is 0. The molecule has 3 rings (SSSR count). The van der Waals surface area contributed by atoms with Crippen molar-refractivity contribution in [1.29, 1.82) is 0 Å². The molecule has 98 valence electrons. The fraction of sp³-hybridized carbons (Fsp3) is 0.294. The van der Waals surface area contributed by atoms with Crippen LogP contribution < -0.4 is 10.5 Å². The number of nitrogens with two attached hydrogens (primary N) is 1. The van der Waals surface area contributed by atoms with Gasteiger partial charge in [0.1, 0.15) is 11.5 Å². The number of anilines is 1. The highest BCUT2D eigenvalue weighted by Gasteiger charge is 2.14. The molecule has 0 amide bonds. The van der Waals surface area contributed by atoms with Gasteiger partial charge >= 0.3 is 0 Å². The number of hydrogen-bond donors (Lipinski definition) is 1. The molecule has 2 heteroatoms. The lowest BCUT2D eigenvalue weighted by Gasteiger charge is -2.19. The molecule has 0 atom stereocenters. The topological polar surface area (TPSA) is 35.2 Å². The minimum atomic E-state index is 0.799. The molecular formula is C17H19NO. The summed E-state index contributed by atoms with van der Waals surface area (Å²) in [4.78, 5) is 0. The molecule has 1 heterocycles. The Morgan fingerprint density at radius 1 is 0.947 bits per heavy atom. The van der Waals surface area contributed by atoms with Crippen molar-refractivity contribution in [1.82, 2.24) is 0 Å². The highest BCUT2D eigenvalue weighted by molar-refractivity contribution is 5.56. The Morgan fingerprint density at radius 2 is 1.68 bits per heavy atom. The minimum Gasteiger partial charge on any atom is -0.457 e. The molecule has 0 saturated carbocycles. The van der Waals surface area contributed by atoms with Gasteiger partial charge in [0.05, 0.1) is 0 Å². The third-order valence-electron chi connectivity index (χ3n) is 3.78. The standard InChI is InChI=1S/C17H19NO/c1-11-6-7-16-13(8-11)4-3-5-14-9-12(2)15(18)10-17(14)19-16/h6-10H,3-5,18H2,1-2H3. The van der Waals surface area contributed by atoms with Crippen LogP contribution in [0.4, 0.5) is 5.69 Å². The van der Waals surface area contributed by atoms with Crippen molar-refractivity contribution in [3.05, 3.63) is 52.6 Å². The lowest BCUT2D eigenvalue weighted by atomic mass is 9.98. The van der Waals surface area contributed by atoms with Gasteiger partial charge in [-0.3, -0.25) is 0 Å². The van der Waals surface area contributed by atoms with Crippen molar-refractivity contribution in [2.75, 3.05) is 5.73 Å². The number of ether oxygens (including phenoxy) is 1. The SMILES string of the molecule is Cc1ccc2c(c1)CCCc1cc(C)c(N)cc1O2. The van der Waals surface area contributed by atoms with E-state index in [-0.39, 0.29) is 0 Å². The number of hydrogen-bond acceptors (Lipinski definition) is 2. The van der Waals surface area contributed by atoms with E-state index in [1.807, 2.05) is 13.0 Å². The normalized spacial score (nSPS) is 13.8. The molecule has 0 radical (unpaired) electrons. The number of benzene rings is 2. The second kappa shape index (κ2) is 4.61. The molecule has 0 saturated heterocycles. The van der Waals surface area contributed by atoms with Gasteiger partial charge in [-0.1, -0.05) is 23.8 Å². The Labute approximate surface area is 114 Å². The molecule has 1 aliphatic heterocycles. The van der Waals surface area contributed by atoms with E-state index in [0.29, 0.717) is 0 Å². The lowest BCUT2D eigenvalue weighted by Crippen LogP contribution is -2.03. The summed E-state index contributed by atoms with van der Waals surface area (Å²) in [5.74, 6) is 1.88. The van der Waals surface area contributed by atoms with Crippen LogP contribution in [0, 0.1) is 13.8 Å². The van der Waals surface area contributed by atoms with Gasteiger partial charge in [-0.15, -0.1) is 0 Å². The predicted octanol–water partition coefficient (Wildman–Crippen LogP) is 4.17. The van der Waals surface area contributed by atoms with Crippen molar-refractivity contribution in [3.8, 4) is 11.5 Å². The third kappa shape index (κ3) is 2.30. The monoisotopic (exact) mass is 253 g/mol. The van der Waals surface area contributed by atoms with Crippen LogP contribution >= 0.6 is 0 Å². The smallest absolute Gasteiger partial charge is 0.132 e. The maximum absolute atomic E-state index is 6.09. The van der Waals surface area contributed by atoms with Crippen molar-refractivity contribution in [2.24, 2.45) is 0 Å². The minimum absolute atomic E-state index is 0.799. The van der Waals surface area contributed by atoms with E-state index in [0.717, 1.165) is 42.0 Å². The van der Waals surface area contributed by atoms with E-state index >= 15 is 0 Å². The predicted molar refractivity (Wildman–Crippen MR) is 78.9 cm³/mol. The van der Waals surface area contributed by atoms with Crippen molar-refractivity contribution >= 4 is 5.69 Å². The number of rotatable bonds is 0. The van der Waals surface area contributed by atoms with Crippen LogP contribution in [-0.2, 0) is 12.8 Å². The lowest BCUT2D eigenvalue weighted by molar-refractivity contribution is 0.461. The first-order valence-corrected chi connectivity index (χ1v) is 6.80. The summed E-state index contributed by atoms with van der Waals surface area (Å²) in [5.41, 5.74) is 11.8. The van der Waals surface area contributed by atoms with Gasteiger partial charge in [0.2, 0.25) is 0 Å². The van der Waals surface area contributed by atoms with Crippen molar-refractivity contribution < 1.29 is 4.74 Å². The molecule has 2 N–H and O–H groups in total. The Bertz CT molecular complexity index is 631. The molecule has 0 fully saturated rings. The average molecular weight is 253 g/mol. The maximum atomic E-state index is 6.09. The highest BCUT2D eigenvalue weighted by atomic mass is 16.5. The van der Waals surface area contributed by atoms with Crippen LogP contribution in [-0.4, -0.2) is 0 Å². The van der Waals surface area contributed by atoms with Gasteiger partial charge in [0.25, 0.3) is 0 Å². The molecule has 0 spiro atoms. The molecule has 0 bridgehead atoms. The first-order valence-electron chi connectivity index (χ1n) is 6.80. The van der Waals surface area contributed by atoms with Crippen molar-refractivity contribution in [3.63, 3.8) is 0 Å². The number of aryl methyl sites for hydroxylation is 4. The quantitative estimate of drug-likeness (QED) is 0.715. The molecule has 0 aliphatic carbocycles. The van der Waals surface area contributed by atoms with Gasteiger partial charge in [0.15, 0.2) is 0 Å². The first kappa shape index (κ1) is 12.1. The molecule has 0 unspecified atom stereocenters. The molecule has 1 aliphatic rings. The van der Waals surface area contributed by atoms with Gasteiger partial charge in [-0.25, -0.2) is 0 Å². The summed E-state index contributed by atoms with van der Waals surface area (Å²) in [6.07, 6.45) is 3.26. The zero-order valence-electron chi connectivity index (χ0n) is 11.5. The van der Waals surface area contributed by atoms with E-state index in [9.17, 15) is 0 Å². The van der Waals surface area contributed by atoms with Crippen LogP contribution in [0.5, 0.6) is 11.5 Å². The van der Waals surface area contributed by atoms with Crippen LogP contribution in [0.2, 0.25) is 0 Å². The fourth-order valence-corrected chi connectivity index (χ4v) is 2.64. The molecule has 2 aromatic rings. The zero-order valence-corrected chi connectivity index (χ0v) is 11.5. The summed E-state index contributed by atoms with van der Waals surface area (Å²) in [6.45, 7) is 4.17. The summed E-state index contributed by atoms with van der Waals surface area (Å²) >= 11 is 0. The van der Waals surface area contributed by atoms with E-state index in [1.54, 1.807) is 0 Å². The molecule has 2 aromatic carbocycles. The van der Waals surface area contributed by atoms with E-state index in [1.165, 1.54) is 16.7 Å². The molecule has 0 aromatic heterocycles. The Balaban J connectivity index is 2.08. The van der Waals surface area contributed by atoms with Crippen LogP contribution in [0.25, 0.3) is 0 Å². The maximum Gasteiger partial charge on any atom is 0.132 e. The average Bonchev–Trinajstić information content (AvgIpc) is 2.35. The van der Waals surface area contributed by atoms with Gasteiger partial charge < -0.3 is 10.5 Å². The van der Waals surface area contributed by atoms with Crippen LogP contribution in [0.15, 0.2) is 30.3 Å². The van der Waals surface area contributed by atoms with Crippen molar-refractivity contribution in [2.45, 2.75) is 33.1 Å². The third-order valence-corrected chi connectivity index (χ3v) is 3.78. The molecule has 19 heavy (non-hydrogen) atoms. The second-order valence-corrected chi connectivity index (χ2v) is 5.38. The molecule has 2 nitrogen and oxygen atoms in total. The van der Waals surface area contributed by atoms with Gasteiger partial charge in [0, 0.05) is 11.8 Å². The Kier molecular flexibility index (Phi) is 2.94. The fourth-order valence-electron chi connectivity index (χ4n) is 2.64. The first-order chi connectivity index (χ1) is 9.13. The zero-order chi connectivity index (χ0) is 13.4. The van der Waals surface area contributed by atoms with Crippen LogP contribution in [0.1, 0.15) is 28.7 Å². The summed E-state index contributed by atoms with van der Waals surface area (Å²) in [6, 6.07) is 10.5. The Morgan fingerprint density at radius 3 is 2.47 bits per heavy atom. The number of nitrogen functional groups attached to an aromatic ring is 1.